The van der Waals surface area contributed by atoms with E-state index in [4.69, 9.17) is 0 Å². The van der Waals surface area contributed by atoms with Crippen molar-refractivity contribution in [3.8, 4) is 0 Å². The molecule has 118 valence electrons. The van der Waals surface area contributed by atoms with Gasteiger partial charge >= 0.3 is 0 Å². The number of carbonyl (C=O) groups is 3. The van der Waals surface area contributed by atoms with Gasteiger partial charge in [-0.25, -0.2) is 0 Å². The van der Waals surface area contributed by atoms with Crippen molar-refractivity contribution >= 4 is 23.3 Å². The van der Waals surface area contributed by atoms with Crippen LogP contribution < -0.4 is 5.32 Å². The highest BCUT2D eigenvalue weighted by Crippen LogP contribution is 2.24. The van der Waals surface area contributed by atoms with E-state index in [0.717, 1.165) is 30.6 Å². The van der Waals surface area contributed by atoms with Gasteiger partial charge in [-0.3, -0.25) is 14.4 Å². The molecule has 0 spiro atoms. The molecule has 0 unspecified atom stereocenters. The average molecular weight is 302 g/mol. The smallest absolute Gasteiger partial charge is 0.228 e. The van der Waals surface area contributed by atoms with E-state index in [2.05, 4.69) is 12.2 Å². The van der Waals surface area contributed by atoms with E-state index in [1.807, 2.05) is 0 Å². The number of hydrogen-bond donors (Lipinski definition) is 1. The Hall–Kier alpha value is -2.17. The molecule has 1 aliphatic heterocycles. The molecular formula is C17H22N2O3. The zero-order valence-electron chi connectivity index (χ0n) is 13.1. The molecule has 2 rings (SSSR count). The summed E-state index contributed by atoms with van der Waals surface area (Å²) in [6.45, 7) is 2.81. The van der Waals surface area contributed by atoms with Gasteiger partial charge in [0.1, 0.15) is 0 Å². The van der Waals surface area contributed by atoms with Gasteiger partial charge in [0.15, 0.2) is 5.78 Å². The molecule has 0 atom stereocenters. The van der Waals surface area contributed by atoms with Gasteiger partial charge in [0.2, 0.25) is 11.8 Å². The van der Waals surface area contributed by atoms with Gasteiger partial charge in [0.05, 0.1) is 6.42 Å². The lowest BCUT2D eigenvalue weighted by Crippen LogP contribution is -2.27. The normalized spacial score (nSPS) is 12.7. The third-order valence-corrected chi connectivity index (χ3v) is 3.89. The van der Waals surface area contributed by atoms with Crippen LogP contribution in [0.25, 0.3) is 0 Å². The van der Waals surface area contributed by atoms with Crippen molar-refractivity contribution < 1.29 is 14.4 Å². The zero-order valence-corrected chi connectivity index (χ0v) is 13.1. The number of carbonyl (C=O) groups excluding carboxylic acids is 3. The van der Waals surface area contributed by atoms with Crippen LogP contribution in [0.15, 0.2) is 18.2 Å². The second kappa shape index (κ2) is 7.20. The molecule has 1 aliphatic rings. The molecule has 2 amide bonds. The van der Waals surface area contributed by atoms with Gasteiger partial charge < -0.3 is 10.2 Å². The molecule has 5 heteroatoms. The molecule has 1 N–H and O–H groups in total. The summed E-state index contributed by atoms with van der Waals surface area (Å²) in [6, 6.07) is 5.21. The SMILES string of the molecule is CCCCN(C)C(=O)CCC(=O)c1ccc2c(c1)CC(=O)N2. The fraction of sp³-hybridized carbons (Fsp3) is 0.471. The van der Waals surface area contributed by atoms with Crippen molar-refractivity contribution in [1.82, 2.24) is 4.90 Å². The Morgan fingerprint density at radius 1 is 1.27 bits per heavy atom. The van der Waals surface area contributed by atoms with E-state index in [9.17, 15) is 14.4 Å². The first-order chi connectivity index (χ1) is 10.5. The molecule has 0 radical (unpaired) electrons. The van der Waals surface area contributed by atoms with Gasteiger partial charge in [0.25, 0.3) is 0 Å². The summed E-state index contributed by atoms with van der Waals surface area (Å²) in [5, 5.41) is 2.74. The number of rotatable bonds is 7. The minimum atomic E-state index is -0.0561. The van der Waals surface area contributed by atoms with Crippen LogP contribution in [0.2, 0.25) is 0 Å². The Balaban J connectivity index is 1.89. The number of benzene rings is 1. The van der Waals surface area contributed by atoms with Crippen LogP contribution >= 0.6 is 0 Å². The second-order valence-corrected chi connectivity index (χ2v) is 5.69. The Labute approximate surface area is 130 Å². The van der Waals surface area contributed by atoms with Gasteiger partial charge in [-0.15, -0.1) is 0 Å². The van der Waals surface area contributed by atoms with Crippen LogP contribution in [0.4, 0.5) is 5.69 Å². The Bertz CT molecular complexity index is 596. The van der Waals surface area contributed by atoms with Crippen LogP contribution in [-0.4, -0.2) is 36.1 Å². The van der Waals surface area contributed by atoms with Gasteiger partial charge in [-0.1, -0.05) is 13.3 Å². The predicted octanol–water partition coefficient (Wildman–Crippen LogP) is 2.40. The first-order valence-corrected chi connectivity index (χ1v) is 7.71. The third-order valence-electron chi connectivity index (χ3n) is 3.89. The number of hydrogen-bond acceptors (Lipinski definition) is 3. The highest BCUT2D eigenvalue weighted by atomic mass is 16.2. The molecule has 0 saturated heterocycles. The minimum absolute atomic E-state index is 0.000181. The summed E-state index contributed by atoms with van der Waals surface area (Å²) in [5.74, 6) is -0.105. The van der Waals surface area contributed by atoms with Crippen molar-refractivity contribution in [3.63, 3.8) is 0 Å². The van der Waals surface area contributed by atoms with Crippen molar-refractivity contribution in [3.05, 3.63) is 29.3 Å². The summed E-state index contributed by atoms with van der Waals surface area (Å²) < 4.78 is 0. The van der Waals surface area contributed by atoms with Crippen LogP contribution in [-0.2, 0) is 16.0 Å². The number of Topliss-reactive ketones (excluding diaryl/α,β-unsaturated/α-hetero) is 1. The highest BCUT2D eigenvalue weighted by Gasteiger charge is 2.19. The lowest BCUT2D eigenvalue weighted by molar-refractivity contribution is -0.129. The summed E-state index contributed by atoms with van der Waals surface area (Å²) in [7, 11) is 1.77. The predicted molar refractivity (Wildman–Crippen MR) is 84.9 cm³/mol. The van der Waals surface area contributed by atoms with Crippen molar-refractivity contribution in [1.29, 1.82) is 0 Å². The van der Waals surface area contributed by atoms with E-state index in [-0.39, 0.29) is 30.4 Å². The largest absolute Gasteiger partial charge is 0.346 e. The Kier molecular flexibility index (Phi) is 5.31. The number of ketones is 1. The molecule has 0 aliphatic carbocycles. The second-order valence-electron chi connectivity index (χ2n) is 5.69. The summed E-state index contributed by atoms with van der Waals surface area (Å²) in [6.07, 6.45) is 2.76. The van der Waals surface area contributed by atoms with Crippen LogP contribution in [0, 0.1) is 0 Å². The molecule has 1 aromatic carbocycles. The maximum absolute atomic E-state index is 12.2. The summed E-state index contributed by atoms with van der Waals surface area (Å²) >= 11 is 0. The van der Waals surface area contributed by atoms with Gasteiger partial charge in [-0.05, 0) is 30.2 Å². The summed E-state index contributed by atoms with van der Waals surface area (Å²) in [5.41, 5.74) is 2.19. The maximum atomic E-state index is 12.2. The molecule has 0 bridgehead atoms. The zero-order chi connectivity index (χ0) is 16.1. The summed E-state index contributed by atoms with van der Waals surface area (Å²) in [4.78, 5) is 37.1. The van der Waals surface area contributed by atoms with Crippen molar-refractivity contribution in [2.75, 3.05) is 18.9 Å². The van der Waals surface area contributed by atoms with Crippen LogP contribution in [0.5, 0.6) is 0 Å². The number of fused-ring (bicyclic) bond motifs is 1. The number of anilines is 1. The lowest BCUT2D eigenvalue weighted by atomic mass is 10.0. The lowest BCUT2D eigenvalue weighted by Gasteiger charge is -2.16. The topological polar surface area (TPSA) is 66.5 Å². The monoisotopic (exact) mass is 302 g/mol. The first-order valence-electron chi connectivity index (χ1n) is 7.71. The highest BCUT2D eigenvalue weighted by molar-refractivity contribution is 6.02. The van der Waals surface area contributed by atoms with Gasteiger partial charge in [-0.2, -0.15) is 0 Å². The molecule has 5 nitrogen and oxygen atoms in total. The number of amides is 2. The Morgan fingerprint density at radius 2 is 2.05 bits per heavy atom. The maximum Gasteiger partial charge on any atom is 0.228 e. The van der Waals surface area contributed by atoms with Crippen molar-refractivity contribution in [2.45, 2.75) is 39.0 Å². The molecule has 22 heavy (non-hydrogen) atoms. The molecule has 0 saturated carbocycles. The quantitative estimate of drug-likeness (QED) is 0.787. The third kappa shape index (κ3) is 3.93. The van der Waals surface area contributed by atoms with Crippen LogP contribution in [0.1, 0.15) is 48.5 Å². The molecule has 1 heterocycles. The standard InChI is InChI=1S/C17H22N2O3/c1-3-4-9-19(2)17(22)8-7-15(20)12-5-6-14-13(10-12)11-16(21)18-14/h5-6,10H,3-4,7-9,11H2,1-2H3,(H,18,21). The van der Waals surface area contributed by atoms with E-state index in [0.29, 0.717) is 12.0 Å². The minimum Gasteiger partial charge on any atom is -0.346 e. The van der Waals surface area contributed by atoms with Crippen molar-refractivity contribution in [2.24, 2.45) is 0 Å². The Morgan fingerprint density at radius 3 is 2.77 bits per heavy atom. The number of unbranched alkanes of at least 4 members (excludes halogenated alkanes) is 1. The molecule has 0 aromatic heterocycles. The molecular weight excluding hydrogens is 280 g/mol. The first kappa shape index (κ1) is 16.2. The van der Waals surface area contributed by atoms with E-state index >= 15 is 0 Å². The average Bonchev–Trinajstić information content (AvgIpc) is 2.88. The number of nitrogens with one attached hydrogen (secondary N) is 1. The fourth-order valence-corrected chi connectivity index (χ4v) is 2.48. The number of nitrogens with zero attached hydrogens (tertiary/aromatic N) is 1. The van der Waals surface area contributed by atoms with Gasteiger partial charge in [0, 0.05) is 37.7 Å². The molecule has 0 fully saturated rings. The van der Waals surface area contributed by atoms with Crippen LogP contribution in [0.3, 0.4) is 0 Å². The van der Waals surface area contributed by atoms with E-state index < -0.39 is 0 Å². The van der Waals surface area contributed by atoms with E-state index in [1.165, 1.54) is 0 Å². The van der Waals surface area contributed by atoms with E-state index in [1.54, 1.807) is 30.1 Å². The molecule has 1 aromatic rings. The fourth-order valence-electron chi connectivity index (χ4n) is 2.48.